The van der Waals surface area contributed by atoms with Gasteiger partial charge in [0.2, 0.25) is 5.91 Å². The molecule has 0 atom stereocenters. The number of carbonyl (C=O) groups is 1. The van der Waals surface area contributed by atoms with E-state index in [1.165, 1.54) is 30.4 Å². The van der Waals surface area contributed by atoms with Crippen molar-refractivity contribution in [3.63, 3.8) is 0 Å². The van der Waals surface area contributed by atoms with Crippen molar-refractivity contribution < 1.29 is 4.79 Å². The first-order valence-electron chi connectivity index (χ1n) is 11.3. The Morgan fingerprint density at radius 2 is 1.88 bits per heavy atom. The predicted molar refractivity (Wildman–Crippen MR) is 137 cm³/mol. The zero-order chi connectivity index (χ0) is 23.6. The van der Waals surface area contributed by atoms with Gasteiger partial charge < -0.3 is 5.32 Å². The monoisotopic (exact) mass is 504 g/mol. The number of hydrogen-bond donors (Lipinski definition) is 1. The van der Waals surface area contributed by atoms with Gasteiger partial charge in [0.05, 0.1) is 17.3 Å². The molecular formula is C25H30Cl2N4OS. The van der Waals surface area contributed by atoms with E-state index < -0.39 is 0 Å². The van der Waals surface area contributed by atoms with Crippen LogP contribution in [0.4, 0.5) is 0 Å². The number of carbonyl (C=O) groups excluding carboxylic acids is 1. The van der Waals surface area contributed by atoms with Crippen molar-refractivity contribution in [2.24, 2.45) is 0 Å². The van der Waals surface area contributed by atoms with Gasteiger partial charge >= 0.3 is 0 Å². The molecule has 0 aliphatic carbocycles. The van der Waals surface area contributed by atoms with E-state index in [-0.39, 0.29) is 12.5 Å². The molecule has 176 valence electrons. The third-order valence-corrected chi connectivity index (χ3v) is 6.81. The Balaban J connectivity index is 1.74. The van der Waals surface area contributed by atoms with Crippen LogP contribution in [0.25, 0.3) is 5.69 Å². The fourth-order valence-electron chi connectivity index (χ4n) is 3.51. The number of unbranched alkanes of at least 4 members (excludes halogenated alkanes) is 4. The number of aromatic nitrogens is 3. The van der Waals surface area contributed by atoms with Crippen LogP contribution in [0.2, 0.25) is 10.0 Å². The summed E-state index contributed by atoms with van der Waals surface area (Å²) in [6.07, 6.45) is 6.08. The highest BCUT2D eigenvalue weighted by Crippen LogP contribution is 2.31. The van der Waals surface area contributed by atoms with Gasteiger partial charge in [-0.25, -0.2) is 0 Å². The van der Waals surface area contributed by atoms with Crippen molar-refractivity contribution in [3.8, 4) is 5.69 Å². The summed E-state index contributed by atoms with van der Waals surface area (Å²) in [4.78, 5) is 12.3. The number of amides is 1. The topological polar surface area (TPSA) is 59.8 Å². The van der Waals surface area contributed by atoms with E-state index in [9.17, 15) is 4.79 Å². The van der Waals surface area contributed by atoms with Crippen molar-refractivity contribution in [3.05, 3.63) is 69.5 Å². The van der Waals surface area contributed by atoms with Crippen LogP contribution >= 0.6 is 35.0 Å². The van der Waals surface area contributed by atoms with Gasteiger partial charge in [-0.15, -0.1) is 10.2 Å². The summed E-state index contributed by atoms with van der Waals surface area (Å²) in [6.45, 7) is 4.53. The van der Waals surface area contributed by atoms with E-state index in [1.54, 1.807) is 30.0 Å². The first-order chi connectivity index (χ1) is 16.0. The van der Waals surface area contributed by atoms with E-state index >= 15 is 0 Å². The summed E-state index contributed by atoms with van der Waals surface area (Å²) in [5.41, 5.74) is 3.11. The number of benzene rings is 2. The molecule has 0 unspecified atom stereocenters. The zero-order valence-electron chi connectivity index (χ0n) is 19.1. The standard InChI is InChI=1S/C25H30Cl2N4OS/c1-3-4-5-6-7-11-24(32)28-16-23-29-30-25(33-17-19-10-8-9-18(2)14-19)31(23)22-15-20(26)12-13-21(22)27/h8-10,12-15H,3-7,11,16-17H2,1-2H3,(H,28,32). The molecule has 8 heteroatoms. The first kappa shape index (κ1) is 25.6. The Morgan fingerprint density at radius 1 is 1.06 bits per heavy atom. The molecule has 0 aliphatic heterocycles. The minimum atomic E-state index is 0.0206. The number of nitrogens with zero attached hydrogens (tertiary/aromatic N) is 3. The highest BCUT2D eigenvalue weighted by atomic mass is 35.5. The van der Waals surface area contributed by atoms with Crippen LogP contribution in [0.3, 0.4) is 0 Å². The second kappa shape index (κ2) is 13.0. The molecule has 33 heavy (non-hydrogen) atoms. The highest BCUT2D eigenvalue weighted by Gasteiger charge is 2.18. The van der Waals surface area contributed by atoms with Crippen molar-refractivity contribution in [2.75, 3.05) is 0 Å². The van der Waals surface area contributed by atoms with E-state index in [4.69, 9.17) is 23.2 Å². The van der Waals surface area contributed by atoms with Gasteiger partial charge in [-0.2, -0.15) is 0 Å². The first-order valence-corrected chi connectivity index (χ1v) is 13.1. The van der Waals surface area contributed by atoms with Crippen LogP contribution in [0.1, 0.15) is 62.4 Å². The van der Waals surface area contributed by atoms with E-state index in [0.29, 0.717) is 33.1 Å². The van der Waals surface area contributed by atoms with Crippen molar-refractivity contribution in [2.45, 2.75) is 69.8 Å². The molecule has 0 spiro atoms. The third kappa shape index (κ3) is 7.76. The largest absolute Gasteiger partial charge is 0.349 e. The second-order valence-electron chi connectivity index (χ2n) is 8.05. The Morgan fingerprint density at radius 3 is 2.67 bits per heavy atom. The van der Waals surface area contributed by atoms with Crippen LogP contribution in [0.15, 0.2) is 47.6 Å². The Hall–Kier alpha value is -2.02. The molecule has 1 amide bonds. The number of thioether (sulfide) groups is 1. The number of rotatable bonds is 12. The molecule has 5 nitrogen and oxygen atoms in total. The zero-order valence-corrected chi connectivity index (χ0v) is 21.4. The predicted octanol–water partition coefficient (Wildman–Crippen LogP) is 7.15. The lowest BCUT2D eigenvalue weighted by molar-refractivity contribution is -0.121. The van der Waals surface area contributed by atoms with Gasteiger partial charge in [-0.3, -0.25) is 9.36 Å². The Labute approximate surface area is 210 Å². The molecule has 1 heterocycles. The lowest BCUT2D eigenvalue weighted by atomic mass is 10.1. The molecule has 0 bridgehead atoms. The van der Waals surface area contributed by atoms with E-state index in [2.05, 4.69) is 47.6 Å². The minimum absolute atomic E-state index is 0.0206. The fraction of sp³-hybridized carbons (Fsp3) is 0.400. The SMILES string of the molecule is CCCCCCCC(=O)NCc1nnc(SCc2cccc(C)c2)n1-c1cc(Cl)ccc1Cl. The number of aryl methyl sites for hydroxylation is 1. The lowest BCUT2D eigenvalue weighted by Gasteiger charge is -2.13. The summed E-state index contributed by atoms with van der Waals surface area (Å²) in [6, 6.07) is 13.7. The summed E-state index contributed by atoms with van der Waals surface area (Å²) in [5.74, 6) is 1.37. The van der Waals surface area contributed by atoms with Gasteiger partial charge in [0.25, 0.3) is 0 Å². The molecule has 1 N–H and O–H groups in total. The number of halogens is 2. The van der Waals surface area contributed by atoms with Crippen molar-refractivity contribution in [1.82, 2.24) is 20.1 Å². The number of nitrogens with one attached hydrogen (secondary N) is 1. The van der Waals surface area contributed by atoms with Crippen LogP contribution in [-0.2, 0) is 17.1 Å². The van der Waals surface area contributed by atoms with Crippen molar-refractivity contribution >= 4 is 40.9 Å². The second-order valence-corrected chi connectivity index (χ2v) is 9.83. The molecule has 0 saturated carbocycles. The van der Waals surface area contributed by atoms with Crippen molar-refractivity contribution in [1.29, 1.82) is 0 Å². The van der Waals surface area contributed by atoms with Gasteiger partial charge in [0.15, 0.2) is 11.0 Å². The molecule has 0 radical (unpaired) electrons. The quantitative estimate of drug-likeness (QED) is 0.210. The minimum Gasteiger partial charge on any atom is -0.349 e. The lowest BCUT2D eigenvalue weighted by Crippen LogP contribution is -2.24. The summed E-state index contributed by atoms with van der Waals surface area (Å²) >= 11 is 14.3. The molecule has 0 saturated heterocycles. The van der Waals surface area contributed by atoms with Gasteiger partial charge in [0.1, 0.15) is 0 Å². The summed E-state index contributed by atoms with van der Waals surface area (Å²) in [7, 11) is 0. The molecule has 3 aromatic rings. The van der Waals surface area contributed by atoms with Gasteiger partial charge in [0, 0.05) is 17.2 Å². The van der Waals surface area contributed by atoms with Crippen LogP contribution in [0, 0.1) is 6.92 Å². The normalized spacial score (nSPS) is 11.0. The van der Waals surface area contributed by atoms with Gasteiger partial charge in [-0.1, -0.05) is 97.4 Å². The summed E-state index contributed by atoms with van der Waals surface area (Å²) in [5, 5.41) is 13.5. The highest BCUT2D eigenvalue weighted by molar-refractivity contribution is 7.98. The smallest absolute Gasteiger partial charge is 0.220 e. The van der Waals surface area contributed by atoms with E-state index in [0.717, 1.165) is 18.6 Å². The third-order valence-electron chi connectivity index (χ3n) is 5.25. The number of hydrogen-bond acceptors (Lipinski definition) is 4. The molecule has 2 aromatic carbocycles. The van der Waals surface area contributed by atoms with Crippen LogP contribution < -0.4 is 5.32 Å². The molecule has 1 aromatic heterocycles. The maximum atomic E-state index is 12.3. The van der Waals surface area contributed by atoms with Crippen LogP contribution in [-0.4, -0.2) is 20.7 Å². The maximum Gasteiger partial charge on any atom is 0.220 e. The van der Waals surface area contributed by atoms with E-state index in [1.807, 2.05) is 10.6 Å². The maximum absolute atomic E-state index is 12.3. The fourth-order valence-corrected chi connectivity index (χ4v) is 4.79. The molecule has 3 rings (SSSR count). The van der Waals surface area contributed by atoms with Gasteiger partial charge in [-0.05, 0) is 37.1 Å². The average molecular weight is 506 g/mol. The Bertz CT molecular complexity index is 1070. The molecular weight excluding hydrogens is 475 g/mol. The summed E-state index contributed by atoms with van der Waals surface area (Å²) < 4.78 is 1.89. The Kier molecular flexibility index (Phi) is 10.1. The molecule has 0 aliphatic rings. The average Bonchev–Trinajstić information content (AvgIpc) is 3.20. The molecule has 0 fully saturated rings. The van der Waals surface area contributed by atoms with Crippen LogP contribution in [0.5, 0.6) is 0 Å².